The molecule has 0 saturated carbocycles. The molecule has 2 aromatic carbocycles. The highest BCUT2D eigenvalue weighted by Crippen LogP contribution is 2.23. The maximum absolute atomic E-state index is 12.5. The maximum atomic E-state index is 12.5. The van der Waals surface area contributed by atoms with E-state index in [9.17, 15) is 14.4 Å². The van der Waals surface area contributed by atoms with Gasteiger partial charge in [-0.25, -0.2) is 0 Å². The van der Waals surface area contributed by atoms with Gasteiger partial charge in [-0.05, 0) is 50.2 Å². The van der Waals surface area contributed by atoms with Gasteiger partial charge >= 0.3 is 0 Å². The lowest BCUT2D eigenvalue weighted by molar-refractivity contribution is -0.115. The van der Waals surface area contributed by atoms with E-state index in [4.69, 9.17) is 5.73 Å². The molecule has 0 heterocycles. The standard InChI is InChI=1S/C19H21N3O3S/c1-12(2)21-18(24)13-7-9-14(10-8-13)22-19(25)15-5-3-4-6-16(15)26-11-17(20)23/h3-10,12H,11H2,1-2H3,(H2,20,23)(H,21,24)(H,22,25). The molecule has 0 saturated heterocycles. The number of carbonyl (C=O) groups is 3. The van der Waals surface area contributed by atoms with E-state index in [2.05, 4.69) is 10.6 Å². The van der Waals surface area contributed by atoms with E-state index >= 15 is 0 Å². The van der Waals surface area contributed by atoms with Crippen molar-refractivity contribution >= 4 is 35.2 Å². The minimum Gasteiger partial charge on any atom is -0.369 e. The van der Waals surface area contributed by atoms with Crippen molar-refractivity contribution in [1.82, 2.24) is 5.32 Å². The summed E-state index contributed by atoms with van der Waals surface area (Å²) in [6, 6.07) is 13.7. The zero-order valence-corrected chi connectivity index (χ0v) is 15.4. The zero-order chi connectivity index (χ0) is 19.1. The Morgan fingerprint density at radius 1 is 1.00 bits per heavy atom. The molecule has 2 aromatic rings. The summed E-state index contributed by atoms with van der Waals surface area (Å²) in [5.41, 5.74) is 6.72. The summed E-state index contributed by atoms with van der Waals surface area (Å²) in [4.78, 5) is 36.1. The van der Waals surface area contributed by atoms with E-state index < -0.39 is 5.91 Å². The molecule has 0 aromatic heterocycles. The van der Waals surface area contributed by atoms with Crippen LogP contribution in [0.15, 0.2) is 53.4 Å². The first-order valence-electron chi connectivity index (χ1n) is 8.09. The largest absolute Gasteiger partial charge is 0.369 e. The van der Waals surface area contributed by atoms with E-state index in [1.54, 1.807) is 48.5 Å². The molecule has 4 N–H and O–H groups in total. The SMILES string of the molecule is CC(C)NC(=O)c1ccc(NC(=O)c2ccccc2SCC(N)=O)cc1. The summed E-state index contributed by atoms with van der Waals surface area (Å²) in [5, 5.41) is 5.60. The first-order chi connectivity index (χ1) is 12.4. The molecule has 0 spiro atoms. The maximum Gasteiger partial charge on any atom is 0.256 e. The van der Waals surface area contributed by atoms with Gasteiger partial charge in [0.2, 0.25) is 5.91 Å². The molecule has 0 atom stereocenters. The summed E-state index contributed by atoms with van der Waals surface area (Å²) in [7, 11) is 0. The first kappa shape index (κ1) is 19.5. The van der Waals surface area contributed by atoms with Crippen molar-refractivity contribution in [3.05, 3.63) is 59.7 Å². The van der Waals surface area contributed by atoms with Crippen LogP contribution >= 0.6 is 11.8 Å². The van der Waals surface area contributed by atoms with Crippen LogP contribution in [0, 0.1) is 0 Å². The minimum atomic E-state index is -0.444. The normalized spacial score (nSPS) is 10.4. The average Bonchev–Trinajstić information content (AvgIpc) is 2.60. The van der Waals surface area contributed by atoms with Crippen LogP contribution in [0.25, 0.3) is 0 Å². The van der Waals surface area contributed by atoms with E-state index in [1.165, 1.54) is 11.8 Å². The molecule has 2 rings (SSSR count). The fourth-order valence-electron chi connectivity index (χ4n) is 2.18. The van der Waals surface area contributed by atoms with Crippen molar-refractivity contribution in [2.45, 2.75) is 24.8 Å². The molecule has 6 nitrogen and oxygen atoms in total. The Morgan fingerprint density at radius 2 is 1.65 bits per heavy atom. The lowest BCUT2D eigenvalue weighted by atomic mass is 10.1. The van der Waals surface area contributed by atoms with Crippen molar-refractivity contribution in [2.75, 3.05) is 11.1 Å². The number of anilines is 1. The van der Waals surface area contributed by atoms with Crippen molar-refractivity contribution < 1.29 is 14.4 Å². The summed E-state index contributed by atoms with van der Waals surface area (Å²) in [6.07, 6.45) is 0. The Labute approximate surface area is 156 Å². The molecule has 26 heavy (non-hydrogen) atoms. The Morgan fingerprint density at radius 3 is 2.27 bits per heavy atom. The highest BCUT2D eigenvalue weighted by Gasteiger charge is 2.13. The molecule has 7 heteroatoms. The number of nitrogens with one attached hydrogen (secondary N) is 2. The van der Waals surface area contributed by atoms with Crippen LogP contribution in [0.1, 0.15) is 34.6 Å². The fourth-order valence-corrected chi connectivity index (χ4v) is 2.97. The molecular formula is C19H21N3O3S. The van der Waals surface area contributed by atoms with Crippen LogP contribution in [0.2, 0.25) is 0 Å². The van der Waals surface area contributed by atoms with Crippen LogP contribution in [0.3, 0.4) is 0 Å². The average molecular weight is 371 g/mol. The third-order valence-electron chi connectivity index (χ3n) is 3.33. The van der Waals surface area contributed by atoms with Gasteiger partial charge in [-0.1, -0.05) is 12.1 Å². The van der Waals surface area contributed by atoms with Gasteiger partial charge in [0.15, 0.2) is 0 Å². The van der Waals surface area contributed by atoms with Gasteiger partial charge in [0.05, 0.1) is 11.3 Å². The van der Waals surface area contributed by atoms with E-state index in [1.807, 2.05) is 13.8 Å². The molecule has 3 amide bonds. The Hall–Kier alpha value is -2.80. The number of benzene rings is 2. The van der Waals surface area contributed by atoms with Gasteiger partial charge < -0.3 is 16.4 Å². The van der Waals surface area contributed by atoms with Gasteiger partial charge in [-0.2, -0.15) is 0 Å². The number of nitrogens with two attached hydrogens (primary N) is 1. The third-order valence-corrected chi connectivity index (χ3v) is 4.42. The molecule has 0 fully saturated rings. The van der Waals surface area contributed by atoms with Crippen LogP contribution < -0.4 is 16.4 Å². The van der Waals surface area contributed by atoms with Gasteiger partial charge in [-0.15, -0.1) is 11.8 Å². The summed E-state index contributed by atoms with van der Waals surface area (Å²) >= 11 is 1.22. The minimum absolute atomic E-state index is 0.0521. The Bertz CT molecular complexity index is 804. The second-order valence-corrected chi connectivity index (χ2v) is 6.93. The molecule has 136 valence electrons. The van der Waals surface area contributed by atoms with Gasteiger partial charge in [0.25, 0.3) is 11.8 Å². The molecule has 0 aliphatic rings. The van der Waals surface area contributed by atoms with Gasteiger partial charge in [-0.3, -0.25) is 14.4 Å². The van der Waals surface area contributed by atoms with Crippen LogP contribution in [-0.4, -0.2) is 29.5 Å². The topological polar surface area (TPSA) is 101 Å². The highest BCUT2D eigenvalue weighted by atomic mass is 32.2. The zero-order valence-electron chi connectivity index (χ0n) is 14.6. The number of carbonyl (C=O) groups excluding carboxylic acids is 3. The Balaban J connectivity index is 2.08. The van der Waals surface area contributed by atoms with Gasteiger partial charge in [0.1, 0.15) is 0 Å². The lowest BCUT2D eigenvalue weighted by Gasteiger charge is -2.11. The molecule has 0 aliphatic heterocycles. The number of hydrogen-bond donors (Lipinski definition) is 3. The third kappa shape index (κ3) is 5.63. The van der Waals surface area contributed by atoms with Crippen LogP contribution in [0.5, 0.6) is 0 Å². The fraction of sp³-hybridized carbons (Fsp3) is 0.211. The van der Waals surface area contributed by atoms with E-state index in [-0.39, 0.29) is 23.6 Å². The molecular weight excluding hydrogens is 350 g/mol. The Kier molecular flexibility index (Phi) is 6.80. The van der Waals surface area contributed by atoms with Crippen LogP contribution in [-0.2, 0) is 4.79 Å². The van der Waals surface area contributed by atoms with E-state index in [0.717, 1.165) is 0 Å². The van der Waals surface area contributed by atoms with Crippen molar-refractivity contribution in [3.63, 3.8) is 0 Å². The number of hydrogen-bond acceptors (Lipinski definition) is 4. The predicted octanol–water partition coefficient (Wildman–Crippen LogP) is 2.65. The number of primary amides is 1. The first-order valence-corrected chi connectivity index (χ1v) is 9.08. The van der Waals surface area contributed by atoms with Crippen molar-refractivity contribution in [3.8, 4) is 0 Å². The molecule has 0 unspecified atom stereocenters. The smallest absolute Gasteiger partial charge is 0.256 e. The van der Waals surface area contributed by atoms with Crippen molar-refractivity contribution in [1.29, 1.82) is 0 Å². The number of amides is 3. The highest BCUT2D eigenvalue weighted by molar-refractivity contribution is 8.00. The number of rotatable bonds is 7. The lowest BCUT2D eigenvalue weighted by Crippen LogP contribution is -2.30. The number of thioether (sulfide) groups is 1. The van der Waals surface area contributed by atoms with E-state index in [0.29, 0.717) is 21.7 Å². The molecule has 0 radical (unpaired) electrons. The van der Waals surface area contributed by atoms with Crippen molar-refractivity contribution in [2.24, 2.45) is 5.73 Å². The second-order valence-electron chi connectivity index (χ2n) is 5.91. The predicted molar refractivity (Wildman–Crippen MR) is 103 cm³/mol. The monoisotopic (exact) mass is 371 g/mol. The second kappa shape index (κ2) is 9.05. The molecule has 0 bridgehead atoms. The van der Waals surface area contributed by atoms with Crippen LogP contribution in [0.4, 0.5) is 5.69 Å². The summed E-state index contributed by atoms with van der Waals surface area (Å²) in [5.74, 6) is -0.798. The summed E-state index contributed by atoms with van der Waals surface area (Å²) < 4.78 is 0. The summed E-state index contributed by atoms with van der Waals surface area (Å²) in [6.45, 7) is 3.78. The van der Waals surface area contributed by atoms with Gasteiger partial charge in [0, 0.05) is 22.2 Å². The molecule has 0 aliphatic carbocycles. The quantitative estimate of drug-likeness (QED) is 0.651.